The molecule has 2 heterocycles. The van der Waals surface area contributed by atoms with E-state index in [1.165, 1.54) is 0 Å². The molecule has 1 aromatic heterocycles. The van der Waals surface area contributed by atoms with Gasteiger partial charge in [-0.15, -0.1) is 0 Å². The van der Waals surface area contributed by atoms with Crippen molar-refractivity contribution in [2.75, 3.05) is 27.4 Å². The van der Waals surface area contributed by atoms with E-state index >= 15 is 0 Å². The maximum absolute atomic E-state index is 13.3. The summed E-state index contributed by atoms with van der Waals surface area (Å²) < 4.78 is 23.3. The molecule has 168 valence electrons. The van der Waals surface area contributed by atoms with Crippen molar-refractivity contribution in [3.63, 3.8) is 0 Å². The SMILES string of the molecule is COc1cc2c(cc1OC)[C@@H](COc1cc(C)cc(C)c1)N(C(=O)c1ccc(Br)o1)CC2. The van der Waals surface area contributed by atoms with E-state index in [1.54, 1.807) is 26.4 Å². The van der Waals surface area contributed by atoms with Crippen LogP contribution < -0.4 is 14.2 Å². The molecule has 0 bridgehead atoms. The van der Waals surface area contributed by atoms with Gasteiger partial charge < -0.3 is 23.5 Å². The summed E-state index contributed by atoms with van der Waals surface area (Å²) in [6, 6.07) is 13.1. The fourth-order valence-corrected chi connectivity index (χ4v) is 4.52. The Labute approximate surface area is 196 Å². The molecule has 32 heavy (non-hydrogen) atoms. The van der Waals surface area contributed by atoms with E-state index in [2.05, 4.69) is 22.0 Å². The normalized spacial score (nSPS) is 15.3. The molecule has 1 amide bonds. The molecule has 2 aromatic carbocycles. The van der Waals surface area contributed by atoms with Crippen molar-refractivity contribution in [2.45, 2.75) is 26.3 Å². The van der Waals surface area contributed by atoms with Gasteiger partial charge >= 0.3 is 0 Å². The Hall–Kier alpha value is -2.93. The number of hydrogen-bond donors (Lipinski definition) is 0. The third kappa shape index (κ3) is 4.48. The van der Waals surface area contributed by atoms with Gasteiger partial charge in [-0.05, 0) is 94.9 Å². The zero-order valence-electron chi connectivity index (χ0n) is 18.6. The third-order valence-electron chi connectivity index (χ3n) is 5.65. The van der Waals surface area contributed by atoms with E-state index in [1.807, 2.05) is 43.0 Å². The highest BCUT2D eigenvalue weighted by Crippen LogP contribution is 2.39. The van der Waals surface area contributed by atoms with Crippen LogP contribution in [0.25, 0.3) is 0 Å². The lowest BCUT2D eigenvalue weighted by atomic mass is 9.92. The molecule has 1 aliphatic heterocycles. The molecule has 0 saturated carbocycles. The van der Waals surface area contributed by atoms with E-state index in [0.29, 0.717) is 35.7 Å². The second-order valence-electron chi connectivity index (χ2n) is 7.91. The molecule has 6 nitrogen and oxygen atoms in total. The first-order chi connectivity index (χ1) is 15.4. The molecule has 0 radical (unpaired) electrons. The lowest BCUT2D eigenvalue weighted by Crippen LogP contribution is -2.42. The number of ether oxygens (including phenoxy) is 3. The van der Waals surface area contributed by atoms with E-state index in [0.717, 1.165) is 28.0 Å². The van der Waals surface area contributed by atoms with Gasteiger partial charge in [0.15, 0.2) is 21.9 Å². The van der Waals surface area contributed by atoms with Crippen molar-refractivity contribution >= 4 is 21.8 Å². The van der Waals surface area contributed by atoms with Crippen LogP contribution in [0.3, 0.4) is 0 Å². The summed E-state index contributed by atoms with van der Waals surface area (Å²) in [6.45, 7) is 4.93. The number of halogens is 1. The summed E-state index contributed by atoms with van der Waals surface area (Å²) in [5.41, 5.74) is 4.35. The van der Waals surface area contributed by atoms with Crippen molar-refractivity contribution in [3.05, 3.63) is 75.1 Å². The van der Waals surface area contributed by atoms with Crippen LogP contribution in [0.1, 0.15) is 38.9 Å². The number of nitrogens with zero attached hydrogens (tertiary/aromatic N) is 1. The molecule has 3 aromatic rings. The number of benzene rings is 2. The van der Waals surface area contributed by atoms with E-state index in [-0.39, 0.29) is 17.7 Å². The van der Waals surface area contributed by atoms with Gasteiger partial charge in [0.05, 0.1) is 20.3 Å². The van der Waals surface area contributed by atoms with Crippen molar-refractivity contribution < 1.29 is 23.4 Å². The van der Waals surface area contributed by atoms with Gasteiger partial charge in [-0.25, -0.2) is 0 Å². The fraction of sp³-hybridized carbons (Fsp3) is 0.320. The zero-order valence-corrected chi connectivity index (χ0v) is 20.2. The van der Waals surface area contributed by atoms with Crippen LogP contribution in [0.5, 0.6) is 17.2 Å². The second-order valence-corrected chi connectivity index (χ2v) is 8.69. The second kappa shape index (κ2) is 9.28. The minimum Gasteiger partial charge on any atom is -0.493 e. The third-order valence-corrected chi connectivity index (χ3v) is 6.08. The van der Waals surface area contributed by atoms with Crippen molar-refractivity contribution in [3.8, 4) is 17.2 Å². The Morgan fingerprint density at radius 1 is 1.06 bits per heavy atom. The first-order valence-electron chi connectivity index (χ1n) is 10.4. The highest BCUT2D eigenvalue weighted by Gasteiger charge is 2.34. The standard InChI is InChI=1S/C25H26BrNO5/c1-15-9-16(2)11-18(10-15)31-14-20-19-13-23(30-4)22(29-3)12-17(19)7-8-27(20)25(28)21-5-6-24(26)32-21/h5-6,9-13,20H,7-8,14H2,1-4H3/t20-/m1/s1. The maximum atomic E-state index is 13.3. The first-order valence-corrected chi connectivity index (χ1v) is 11.2. The number of furan rings is 1. The quantitative estimate of drug-likeness (QED) is 0.448. The van der Waals surface area contributed by atoms with Crippen LogP contribution in [-0.2, 0) is 6.42 Å². The number of fused-ring (bicyclic) bond motifs is 1. The molecule has 0 unspecified atom stereocenters. The predicted octanol–water partition coefficient (Wildman–Crippen LogP) is 5.49. The maximum Gasteiger partial charge on any atom is 0.290 e. The van der Waals surface area contributed by atoms with E-state index in [4.69, 9.17) is 18.6 Å². The molecule has 4 rings (SSSR count). The van der Waals surface area contributed by atoms with Gasteiger partial charge in [-0.1, -0.05) is 6.07 Å². The van der Waals surface area contributed by atoms with Gasteiger partial charge in [0.1, 0.15) is 12.4 Å². The van der Waals surface area contributed by atoms with Gasteiger partial charge in [-0.2, -0.15) is 0 Å². The molecule has 0 aliphatic carbocycles. The van der Waals surface area contributed by atoms with Crippen LogP contribution in [0, 0.1) is 13.8 Å². The first kappa shape index (κ1) is 22.3. The lowest BCUT2D eigenvalue weighted by molar-refractivity contribution is 0.0556. The van der Waals surface area contributed by atoms with Crippen molar-refractivity contribution in [1.82, 2.24) is 4.90 Å². The average molecular weight is 500 g/mol. The van der Waals surface area contributed by atoms with Gasteiger partial charge in [0.25, 0.3) is 5.91 Å². The number of carbonyl (C=O) groups is 1. The minimum atomic E-state index is -0.309. The Morgan fingerprint density at radius 2 is 1.75 bits per heavy atom. The summed E-state index contributed by atoms with van der Waals surface area (Å²) in [5.74, 6) is 2.19. The minimum absolute atomic E-state index is 0.176. The van der Waals surface area contributed by atoms with Gasteiger partial charge in [0.2, 0.25) is 0 Å². The molecule has 0 saturated heterocycles. The summed E-state index contributed by atoms with van der Waals surface area (Å²) >= 11 is 3.28. The van der Waals surface area contributed by atoms with Crippen molar-refractivity contribution in [2.24, 2.45) is 0 Å². The highest BCUT2D eigenvalue weighted by molar-refractivity contribution is 9.10. The monoisotopic (exact) mass is 499 g/mol. The Bertz CT molecular complexity index is 1120. The summed E-state index contributed by atoms with van der Waals surface area (Å²) in [6.07, 6.45) is 0.698. The number of rotatable bonds is 6. The zero-order chi connectivity index (χ0) is 22.8. The van der Waals surface area contributed by atoms with E-state index < -0.39 is 0 Å². The summed E-state index contributed by atoms with van der Waals surface area (Å²) in [4.78, 5) is 15.1. The Morgan fingerprint density at radius 3 is 2.38 bits per heavy atom. The van der Waals surface area contributed by atoms with Gasteiger partial charge in [0, 0.05) is 6.54 Å². The Balaban J connectivity index is 1.71. The number of aryl methyl sites for hydroxylation is 2. The molecule has 1 aliphatic rings. The fourth-order valence-electron chi connectivity index (χ4n) is 4.21. The van der Waals surface area contributed by atoms with Crippen LogP contribution >= 0.6 is 15.9 Å². The summed E-state index contributed by atoms with van der Waals surface area (Å²) in [5, 5.41) is 0. The number of methoxy groups -OCH3 is 2. The van der Waals surface area contributed by atoms with Crippen LogP contribution in [-0.4, -0.2) is 38.2 Å². The molecule has 0 spiro atoms. The molecule has 0 N–H and O–H groups in total. The number of hydrogen-bond acceptors (Lipinski definition) is 5. The average Bonchev–Trinajstić information content (AvgIpc) is 3.21. The smallest absolute Gasteiger partial charge is 0.290 e. The van der Waals surface area contributed by atoms with Crippen molar-refractivity contribution in [1.29, 1.82) is 0 Å². The molecular formula is C25H26BrNO5. The topological polar surface area (TPSA) is 61.1 Å². The van der Waals surface area contributed by atoms with Gasteiger partial charge in [-0.3, -0.25) is 4.79 Å². The van der Waals surface area contributed by atoms with E-state index in [9.17, 15) is 4.79 Å². The largest absolute Gasteiger partial charge is 0.493 e. The number of carbonyl (C=O) groups excluding carboxylic acids is 1. The Kier molecular flexibility index (Phi) is 6.46. The van der Waals surface area contributed by atoms with Crippen LogP contribution in [0.15, 0.2) is 51.6 Å². The van der Waals surface area contributed by atoms with Crippen LogP contribution in [0.4, 0.5) is 0 Å². The van der Waals surface area contributed by atoms with Crippen LogP contribution in [0.2, 0.25) is 0 Å². The summed E-state index contributed by atoms with van der Waals surface area (Å²) in [7, 11) is 3.23. The molecular weight excluding hydrogens is 474 g/mol. The molecule has 7 heteroatoms. The molecule has 0 fully saturated rings. The lowest BCUT2D eigenvalue weighted by Gasteiger charge is -2.37. The highest BCUT2D eigenvalue weighted by atomic mass is 79.9. The number of amides is 1. The molecule has 1 atom stereocenters. The predicted molar refractivity (Wildman–Crippen MR) is 125 cm³/mol.